The van der Waals surface area contributed by atoms with Gasteiger partial charge in [-0.3, -0.25) is 0 Å². The molecule has 0 saturated heterocycles. The minimum atomic E-state index is 0.686. The Morgan fingerprint density at radius 3 is 2.71 bits per heavy atom. The number of nitrogens with one attached hydrogen (secondary N) is 1. The highest BCUT2D eigenvalue weighted by molar-refractivity contribution is 7.99. The van der Waals surface area contributed by atoms with E-state index in [2.05, 4.69) is 52.5 Å². The van der Waals surface area contributed by atoms with Gasteiger partial charge in [-0.1, -0.05) is 47.7 Å². The van der Waals surface area contributed by atoms with Crippen molar-refractivity contribution >= 4 is 28.6 Å². The number of aryl methyl sites for hydroxylation is 1. The van der Waals surface area contributed by atoms with Gasteiger partial charge >= 0.3 is 0 Å². The van der Waals surface area contributed by atoms with Crippen LogP contribution in [0.4, 0.5) is 5.95 Å². The molecule has 3 aromatic rings. The zero-order valence-corrected chi connectivity index (χ0v) is 12.9. The average Bonchev–Trinajstić information content (AvgIpc) is 2.48. The van der Waals surface area contributed by atoms with Gasteiger partial charge in [0.2, 0.25) is 5.95 Å². The van der Waals surface area contributed by atoms with Crippen LogP contribution < -0.4 is 5.32 Å². The molecule has 1 N–H and O–H groups in total. The van der Waals surface area contributed by atoms with Crippen molar-refractivity contribution in [2.45, 2.75) is 23.8 Å². The van der Waals surface area contributed by atoms with Gasteiger partial charge in [-0.05, 0) is 32.0 Å². The van der Waals surface area contributed by atoms with Crippen LogP contribution in [0, 0.1) is 6.92 Å². The third-order valence-electron chi connectivity index (χ3n) is 3.11. The van der Waals surface area contributed by atoms with E-state index in [9.17, 15) is 0 Å². The van der Waals surface area contributed by atoms with Crippen LogP contribution in [0.15, 0.2) is 58.5 Å². The monoisotopic (exact) mass is 295 g/mol. The van der Waals surface area contributed by atoms with E-state index in [1.807, 2.05) is 25.1 Å². The van der Waals surface area contributed by atoms with Crippen molar-refractivity contribution in [1.29, 1.82) is 0 Å². The normalized spacial score (nSPS) is 10.8. The van der Waals surface area contributed by atoms with Crippen molar-refractivity contribution in [1.82, 2.24) is 9.97 Å². The molecular weight excluding hydrogens is 278 g/mol. The van der Waals surface area contributed by atoms with Crippen LogP contribution in [0.25, 0.3) is 10.9 Å². The van der Waals surface area contributed by atoms with E-state index in [1.165, 1.54) is 10.5 Å². The summed E-state index contributed by atoms with van der Waals surface area (Å²) in [5.74, 6) is 0.686. The molecule has 2 aromatic carbocycles. The molecule has 0 atom stereocenters. The fourth-order valence-electron chi connectivity index (χ4n) is 2.15. The molecule has 0 saturated carbocycles. The number of para-hydroxylation sites is 1. The summed E-state index contributed by atoms with van der Waals surface area (Å²) >= 11 is 1.68. The fourth-order valence-corrected chi connectivity index (χ4v) is 3.18. The maximum atomic E-state index is 4.66. The summed E-state index contributed by atoms with van der Waals surface area (Å²) in [6, 6.07) is 16.6. The number of benzene rings is 2. The lowest BCUT2D eigenvalue weighted by Gasteiger charge is -2.09. The maximum Gasteiger partial charge on any atom is 0.224 e. The molecule has 0 radical (unpaired) electrons. The van der Waals surface area contributed by atoms with Crippen LogP contribution in [-0.4, -0.2) is 16.5 Å². The first-order chi connectivity index (χ1) is 10.3. The molecule has 0 unspecified atom stereocenters. The molecule has 0 aliphatic heterocycles. The van der Waals surface area contributed by atoms with Crippen LogP contribution in [-0.2, 0) is 0 Å². The predicted octanol–water partition coefficient (Wildman–Crippen LogP) is 4.52. The Bertz CT molecular complexity index is 771. The minimum absolute atomic E-state index is 0.686. The molecule has 3 rings (SSSR count). The van der Waals surface area contributed by atoms with E-state index in [1.54, 1.807) is 11.8 Å². The Morgan fingerprint density at radius 1 is 1.05 bits per heavy atom. The van der Waals surface area contributed by atoms with Crippen LogP contribution >= 0.6 is 11.8 Å². The van der Waals surface area contributed by atoms with Crippen molar-refractivity contribution in [3.63, 3.8) is 0 Å². The molecule has 4 heteroatoms. The van der Waals surface area contributed by atoms with E-state index in [0.29, 0.717) is 5.95 Å². The molecule has 1 heterocycles. The summed E-state index contributed by atoms with van der Waals surface area (Å²) in [5, 5.41) is 5.28. The van der Waals surface area contributed by atoms with Gasteiger partial charge in [0, 0.05) is 16.8 Å². The SMILES string of the molecule is CCNc1nc(Sc2cccc(C)c2)c2ccccc2n1. The third-order valence-corrected chi connectivity index (χ3v) is 4.10. The quantitative estimate of drug-likeness (QED) is 0.718. The number of anilines is 1. The number of nitrogens with zero attached hydrogens (tertiary/aromatic N) is 2. The van der Waals surface area contributed by atoms with Crippen LogP contribution in [0.5, 0.6) is 0 Å². The number of fused-ring (bicyclic) bond motifs is 1. The average molecular weight is 295 g/mol. The van der Waals surface area contributed by atoms with Crippen LogP contribution in [0.2, 0.25) is 0 Å². The zero-order chi connectivity index (χ0) is 14.7. The number of hydrogen-bond acceptors (Lipinski definition) is 4. The van der Waals surface area contributed by atoms with Gasteiger partial charge in [0.05, 0.1) is 5.52 Å². The van der Waals surface area contributed by atoms with Crippen molar-refractivity contribution in [2.24, 2.45) is 0 Å². The molecule has 0 spiro atoms. The molecule has 1 aromatic heterocycles. The van der Waals surface area contributed by atoms with Crippen LogP contribution in [0.3, 0.4) is 0 Å². The Balaban J connectivity index is 2.07. The second kappa shape index (κ2) is 6.14. The summed E-state index contributed by atoms with van der Waals surface area (Å²) in [4.78, 5) is 10.4. The van der Waals surface area contributed by atoms with Crippen molar-refractivity contribution in [2.75, 3.05) is 11.9 Å². The number of rotatable bonds is 4. The molecule has 0 amide bonds. The van der Waals surface area contributed by atoms with Gasteiger partial charge in [-0.2, -0.15) is 0 Å². The lowest BCUT2D eigenvalue weighted by atomic mass is 10.2. The fraction of sp³-hybridized carbons (Fsp3) is 0.176. The number of aromatic nitrogens is 2. The Labute approximate surface area is 128 Å². The molecule has 0 fully saturated rings. The van der Waals surface area contributed by atoms with Crippen molar-refractivity contribution < 1.29 is 0 Å². The van der Waals surface area contributed by atoms with Crippen molar-refractivity contribution in [3.8, 4) is 0 Å². The summed E-state index contributed by atoms with van der Waals surface area (Å²) in [7, 11) is 0. The first-order valence-corrected chi connectivity index (χ1v) is 7.83. The highest BCUT2D eigenvalue weighted by Crippen LogP contribution is 2.32. The van der Waals surface area contributed by atoms with E-state index in [4.69, 9.17) is 0 Å². The summed E-state index contributed by atoms with van der Waals surface area (Å²) in [5.41, 5.74) is 2.23. The molecule has 0 aliphatic carbocycles. The van der Waals surface area contributed by atoms with E-state index >= 15 is 0 Å². The smallest absolute Gasteiger partial charge is 0.224 e. The second-order valence-corrected chi connectivity index (χ2v) is 5.88. The predicted molar refractivity (Wildman–Crippen MR) is 89.0 cm³/mol. The molecular formula is C17H17N3S. The lowest BCUT2D eigenvalue weighted by Crippen LogP contribution is -2.03. The van der Waals surface area contributed by atoms with Gasteiger partial charge in [0.25, 0.3) is 0 Å². The number of hydrogen-bond donors (Lipinski definition) is 1. The Morgan fingerprint density at radius 2 is 1.90 bits per heavy atom. The highest BCUT2D eigenvalue weighted by atomic mass is 32.2. The standard InChI is InChI=1S/C17H17N3S/c1-3-18-17-19-15-10-5-4-9-14(15)16(20-17)21-13-8-6-7-12(2)11-13/h4-11H,3H2,1-2H3,(H,18,19,20). The molecule has 0 bridgehead atoms. The van der Waals surface area contributed by atoms with E-state index in [-0.39, 0.29) is 0 Å². The van der Waals surface area contributed by atoms with Gasteiger partial charge in [0.1, 0.15) is 5.03 Å². The van der Waals surface area contributed by atoms with Gasteiger partial charge in [-0.15, -0.1) is 0 Å². The Hall–Kier alpha value is -2.07. The van der Waals surface area contributed by atoms with Crippen LogP contribution in [0.1, 0.15) is 12.5 Å². The minimum Gasteiger partial charge on any atom is -0.354 e. The largest absolute Gasteiger partial charge is 0.354 e. The topological polar surface area (TPSA) is 37.8 Å². The Kier molecular flexibility index (Phi) is 4.06. The summed E-state index contributed by atoms with van der Waals surface area (Å²) in [6.45, 7) is 4.96. The first-order valence-electron chi connectivity index (χ1n) is 7.01. The molecule has 21 heavy (non-hydrogen) atoms. The zero-order valence-electron chi connectivity index (χ0n) is 12.1. The van der Waals surface area contributed by atoms with E-state index < -0.39 is 0 Å². The molecule has 106 valence electrons. The highest BCUT2D eigenvalue weighted by Gasteiger charge is 2.08. The first kappa shape index (κ1) is 13.9. The third kappa shape index (κ3) is 3.16. The summed E-state index contributed by atoms with van der Waals surface area (Å²) < 4.78 is 0. The molecule has 3 nitrogen and oxygen atoms in total. The second-order valence-electron chi connectivity index (χ2n) is 4.82. The maximum absolute atomic E-state index is 4.66. The van der Waals surface area contributed by atoms with Gasteiger partial charge in [-0.25, -0.2) is 9.97 Å². The van der Waals surface area contributed by atoms with Gasteiger partial charge < -0.3 is 5.32 Å². The van der Waals surface area contributed by atoms with Crippen molar-refractivity contribution in [3.05, 3.63) is 54.1 Å². The lowest BCUT2D eigenvalue weighted by molar-refractivity contribution is 1.05. The molecule has 0 aliphatic rings. The van der Waals surface area contributed by atoms with E-state index in [0.717, 1.165) is 22.5 Å². The van der Waals surface area contributed by atoms with Gasteiger partial charge in [0.15, 0.2) is 0 Å². The summed E-state index contributed by atoms with van der Waals surface area (Å²) in [6.07, 6.45) is 0.